The normalized spacial score (nSPS) is 18.6. The average molecular weight is 276 g/mol. The van der Waals surface area contributed by atoms with Crippen LogP contribution < -0.4 is 10.1 Å². The Hall–Kier alpha value is -1.06. The first-order valence-corrected chi connectivity index (χ1v) is 7.67. The van der Waals surface area contributed by atoms with Crippen LogP contribution in [0, 0.1) is 5.92 Å². The molecule has 1 aromatic carbocycles. The third-order valence-electron chi connectivity index (χ3n) is 4.73. The number of nitrogens with zero attached hydrogens (tertiary/aromatic N) is 1. The molecule has 0 heterocycles. The molecule has 20 heavy (non-hydrogen) atoms. The predicted octanol–water partition coefficient (Wildman–Crippen LogP) is 3.08. The topological polar surface area (TPSA) is 24.5 Å². The molecule has 1 fully saturated rings. The zero-order valence-electron chi connectivity index (χ0n) is 13.2. The zero-order chi connectivity index (χ0) is 14.5. The van der Waals surface area contributed by atoms with Crippen LogP contribution in [0.5, 0.6) is 5.75 Å². The SMILES string of the molecule is CNC(c1ccc(OC)cc1)C(C)N(C)CC1CCC1. The summed E-state index contributed by atoms with van der Waals surface area (Å²) in [6, 6.07) is 9.23. The van der Waals surface area contributed by atoms with Crippen LogP contribution in [0.3, 0.4) is 0 Å². The van der Waals surface area contributed by atoms with E-state index in [-0.39, 0.29) is 0 Å². The lowest BCUT2D eigenvalue weighted by molar-refractivity contribution is 0.147. The van der Waals surface area contributed by atoms with Gasteiger partial charge in [0.15, 0.2) is 0 Å². The van der Waals surface area contributed by atoms with Crippen molar-refractivity contribution >= 4 is 0 Å². The second-order valence-electron chi connectivity index (χ2n) is 6.02. The summed E-state index contributed by atoms with van der Waals surface area (Å²) in [7, 11) is 6.00. The van der Waals surface area contributed by atoms with Gasteiger partial charge in [0.25, 0.3) is 0 Å². The molecule has 0 spiro atoms. The highest BCUT2D eigenvalue weighted by molar-refractivity contribution is 5.29. The first kappa shape index (κ1) is 15.3. The Morgan fingerprint density at radius 1 is 1.30 bits per heavy atom. The molecule has 1 aromatic rings. The van der Waals surface area contributed by atoms with Crippen molar-refractivity contribution in [3.63, 3.8) is 0 Å². The minimum atomic E-state index is 0.353. The first-order valence-electron chi connectivity index (χ1n) is 7.67. The van der Waals surface area contributed by atoms with Crippen molar-refractivity contribution < 1.29 is 4.74 Å². The van der Waals surface area contributed by atoms with Gasteiger partial charge in [-0.1, -0.05) is 18.6 Å². The maximum absolute atomic E-state index is 5.23. The number of rotatable bonds is 7. The Labute approximate surface area is 123 Å². The van der Waals surface area contributed by atoms with Gasteiger partial charge in [0, 0.05) is 18.6 Å². The lowest BCUT2D eigenvalue weighted by Crippen LogP contribution is -2.42. The number of nitrogens with one attached hydrogen (secondary N) is 1. The van der Waals surface area contributed by atoms with Crippen molar-refractivity contribution in [2.75, 3.05) is 27.7 Å². The van der Waals surface area contributed by atoms with Gasteiger partial charge in [-0.3, -0.25) is 0 Å². The Morgan fingerprint density at radius 3 is 2.40 bits per heavy atom. The summed E-state index contributed by atoms with van der Waals surface area (Å²) in [5.41, 5.74) is 1.32. The molecule has 1 saturated carbocycles. The molecule has 1 N–H and O–H groups in total. The second kappa shape index (κ2) is 7.09. The van der Waals surface area contributed by atoms with Crippen LogP contribution >= 0.6 is 0 Å². The van der Waals surface area contributed by atoms with E-state index in [2.05, 4.69) is 36.3 Å². The molecular weight excluding hydrogens is 248 g/mol. The van der Waals surface area contributed by atoms with E-state index in [1.54, 1.807) is 7.11 Å². The van der Waals surface area contributed by atoms with Crippen molar-refractivity contribution in [2.45, 2.75) is 38.3 Å². The average Bonchev–Trinajstić information content (AvgIpc) is 2.44. The van der Waals surface area contributed by atoms with E-state index in [4.69, 9.17) is 4.74 Å². The molecule has 1 aliphatic carbocycles. The summed E-state index contributed by atoms with van der Waals surface area (Å²) in [6.07, 6.45) is 4.23. The Morgan fingerprint density at radius 2 is 1.95 bits per heavy atom. The molecule has 1 aliphatic rings. The minimum absolute atomic E-state index is 0.353. The monoisotopic (exact) mass is 276 g/mol. The van der Waals surface area contributed by atoms with Crippen LogP contribution in [0.2, 0.25) is 0 Å². The fourth-order valence-corrected chi connectivity index (χ4v) is 3.00. The van der Waals surface area contributed by atoms with E-state index in [0.29, 0.717) is 12.1 Å². The van der Waals surface area contributed by atoms with Gasteiger partial charge in [-0.25, -0.2) is 0 Å². The van der Waals surface area contributed by atoms with Crippen LogP contribution in [-0.4, -0.2) is 38.7 Å². The highest BCUT2D eigenvalue weighted by Gasteiger charge is 2.25. The molecule has 2 atom stereocenters. The fourth-order valence-electron chi connectivity index (χ4n) is 3.00. The van der Waals surface area contributed by atoms with Gasteiger partial charge in [-0.2, -0.15) is 0 Å². The lowest BCUT2D eigenvalue weighted by atomic mass is 9.84. The Balaban J connectivity index is 2.00. The van der Waals surface area contributed by atoms with Crippen molar-refractivity contribution in [1.29, 1.82) is 0 Å². The number of hydrogen-bond donors (Lipinski definition) is 1. The van der Waals surface area contributed by atoms with Crippen LogP contribution in [0.25, 0.3) is 0 Å². The van der Waals surface area contributed by atoms with Gasteiger partial charge in [0.05, 0.1) is 7.11 Å². The van der Waals surface area contributed by atoms with E-state index < -0.39 is 0 Å². The number of benzene rings is 1. The molecule has 0 amide bonds. The molecule has 3 nitrogen and oxygen atoms in total. The third-order valence-corrected chi connectivity index (χ3v) is 4.73. The number of likely N-dealkylation sites (N-methyl/N-ethyl adjacent to an activating group) is 2. The summed E-state index contributed by atoms with van der Waals surface area (Å²) in [4.78, 5) is 2.50. The van der Waals surface area contributed by atoms with E-state index in [9.17, 15) is 0 Å². The molecule has 0 bridgehead atoms. The number of ether oxygens (including phenoxy) is 1. The van der Waals surface area contributed by atoms with Crippen molar-refractivity contribution in [3.05, 3.63) is 29.8 Å². The molecular formula is C17H28N2O. The quantitative estimate of drug-likeness (QED) is 0.828. The van der Waals surface area contributed by atoms with Crippen LogP contribution in [0.1, 0.15) is 37.8 Å². The maximum atomic E-state index is 5.23. The molecule has 0 radical (unpaired) electrons. The number of methoxy groups -OCH3 is 1. The molecule has 2 unspecified atom stereocenters. The maximum Gasteiger partial charge on any atom is 0.118 e. The van der Waals surface area contributed by atoms with Gasteiger partial charge in [-0.15, -0.1) is 0 Å². The van der Waals surface area contributed by atoms with Gasteiger partial charge < -0.3 is 15.0 Å². The van der Waals surface area contributed by atoms with E-state index in [1.165, 1.54) is 31.4 Å². The first-order chi connectivity index (χ1) is 9.65. The van der Waals surface area contributed by atoms with Gasteiger partial charge in [0.1, 0.15) is 5.75 Å². The zero-order valence-corrected chi connectivity index (χ0v) is 13.2. The molecule has 2 rings (SSSR count). The smallest absolute Gasteiger partial charge is 0.118 e. The summed E-state index contributed by atoms with van der Waals surface area (Å²) in [5, 5.41) is 3.46. The van der Waals surface area contributed by atoms with E-state index in [1.807, 2.05) is 19.2 Å². The van der Waals surface area contributed by atoms with Crippen LogP contribution in [0.15, 0.2) is 24.3 Å². The van der Waals surface area contributed by atoms with E-state index in [0.717, 1.165) is 11.7 Å². The highest BCUT2D eigenvalue weighted by Crippen LogP contribution is 2.29. The van der Waals surface area contributed by atoms with Crippen LogP contribution in [0.4, 0.5) is 0 Å². The van der Waals surface area contributed by atoms with Crippen molar-refractivity contribution in [3.8, 4) is 5.75 Å². The minimum Gasteiger partial charge on any atom is -0.497 e. The third kappa shape index (κ3) is 3.53. The van der Waals surface area contributed by atoms with E-state index >= 15 is 0 Å². The second-order valence-corrected chi connectivity index (χ2v) is 6.02. The molecule has 0 aromatic heterocycles. The summed E-state index contributed by atoms with van der Waals surface area (Å²) in [6.45, 7) is 3.53. The Kier molecular flexibility index (Phi) is 5.44. The highest BCUT2D eigenvalue weighted by atomic mass is 16.5. The van der Waals surface area contributed by atoms with Gasteiger partial charge in [0.2, 0.25) is 0 Å². The van der Waals surface area contributed by atoms with Crippen LogP contribution in [-0.2, 0) is 0 Å². The summed E-state index contributed by atoms with van der Waals surface area (Å²) in [5.74, 6) is 1.83. The fraction of sp³-hybridized carbons (Fsp3) is 0.647. The largest absolute Gasteiger partial charge is 0.497 e. The molecule has 3 heteroatoms. The number of hydrogen-bond acceptors (Lipinski definition) is 3. The molecule has 0 saturated heterocycles. The molecule has 112 valence electrons. The van der Waals surface area contributed by atoms with Crippen molar-refractivity contribution in [1.82, 2.24) is 10.2 Å². The van der Waals surface area contributed by atoms with Gasteiger partial charge in [-0.05, 0) is 57.5 Å². The van der Waals surface area contributed by atoms with Gasteiger partial charge >= 0.3 is 0 Å². The Bertz CT molecular complexity index is 400. The lowest BCUT2D eigenvalue weighted by Gasteiger charge is -2.37. The van der Waals surface area contributed by atoms with Crippen molar-refractivity contribution in [2.24, 2.45) is 5.92 Å². The summed E-state index contributed by atoms with van der Waals surface area (Å²) < 4.78 is 5.23. The standard InChI is InChI=1S/C17H28N2O/c1-13(19(3)12-14-6-5-7-14)17(18-2)15-8-10-16(20-4)11-9-15/h8-11,13-14,17-18H,5-7,12H2,1-4H3. The molecule has 0 aliphatic heterocycles. The predicted molar refractivity (Wildman–Crippen MR) is 84.2 cm³/mol. The summed E-state index contributed by atoms with van der Waals surface area (Å²) >= 11 is 0.